The Labute approximate surface area is 225 Å². The third kappa shape index (κ3) is 3.76. The SMILES string of the molecule is C[C@H]1CC[C@]2(NC1)O[C@H]1C[C@H]3[C@@H]4CC[C@H]5CC(NCc6cn(C)cn6)CC[C@]5(C)[C@H]4CC[C@]3(C)[C@H]1[C@@H]2C. The second-order valence-electron chi connectivity index (χ2n) is 15.2. The third-order valence-electron chi connectivity index (χ3n) is 13.5. The summed E-state index contributed by atoms with van der Waals surface area (Å²) in [6.07, 6.45) is 18.3. The van der Waals surface area contributed by atoms with Crippen molar-refractivity contribution in [3.63, 3.8) is 0 Å². The fourth-order valence-corrected chi connectivity index (χ4v) is 11.4. The van der Waals surface area contributed by atoms with Gasteiger partial charge in [0.1, 0.15) is 5.72 Å². The van der Waals surface area contributed by atoms with E-state index in [1.165, 1.54) is 69.9 Å². The van der Waals surface area contributed by atoms with Crippen LogP contribution in [0.3, 0.4) is 0 Å². The average Bonchev–Trinajstić information content (AvgIpc) is 3.51. The van der Waals surface area contributed by atoms with Gasteiger partial charge in [0.05, 0.1) is 18.1 Å². The van der Waals surface area contributed by atoms with Gasteiger partial charge in [-0.25, -0.2) is 4.98 Å². The van der Waals surface area contributed by atoms with E-state index in [1.807, 2.05) is 6.33 Å². The highest BCUT2D eigenvalue weighted by molar-refractivity contribution is 5.16. The number of imidazole rings is 1. The van der Waals surface area contributed by atoms with Crippen molar-refractivity contribution in [1.82, 2.24) is 20.2 Å². The van der Waals surface area contributed by atoms with E-state index >= 15 is 0 Å². The number of aromatic nitrogens is 2. The largest absolute Gasteiger partial charge is 0.357 e. The van der Waals surface area contributed by atoms with Gasteiger partial charge in [0, 0.05) is 38.3 Å². The van der Waals surface area contributed by atoms with Crippen molar-refractivity contribution in [2.24, 2.45) is 59.3 Å². The van der Waals surface area contributed by atoms with E-state index in [-0.39, 0.29) is 5.72 Å². The van der Waals surface area contributed by atoms with Gasteiger partial charge in [0.25, 0.3) is 0 Å². The van der Waals surface area contributed by atoms with Gasteiger partial charge >= 0.3 is 0 Å². The predicted molar refractivity (Wildman–Crippen MR) is 148 cm³/mol. The van der Waals surface area contributed by atoms with Crippen LogP contribution in [0.2, 0.25) is 0 Å². The molecule has 0 bridgehead atoms. The lowest BCUT2D eigenvalue weighted by Crippen LogP contribution is -2.58. The molecule has 37 heavy (non-hydrogen) atoms. The molecule has 2 saturated heterocycles. The monoisotopic (exact) mass is 508 g/mol. The maximum absolute atomic E-state index is 7.10. The van der Waals surface area contributed by atoms with E-state index in [0.29, 0.717) is 28.9 Å². The van der Waals surface area contributed by atoms with Crippen LogP contribution in [-0.4, -0.2) is 34.0 Å². The van der Waals surface area contributed by atoms with E-state index in [9.17, 15) is 0 Å². The Balaban J connectivity index is 1.04. The summed E-state index contributed by atoms with van der Waals surface area (Å²) >= 11 is 0. The number of hydrogen-bond donors (Lipinski definition) is 2. The molecule has 2 N–H and O–H groups in total. The molecule has 2 aliphatic heterocycles. The smallest absolute Gasteiger partial charge is 0.122 e. The van der Waals surface area contributed by atoms with Crippen LogP contribution in [0, 0.1) is 52.3 Å². The molecule has 1 aromatic heterocycles. The summed E-state index contributed by atoms with van der Waals surface area (Å²) in [5.74, 6) is 5.80. The first-order valence-electron chi connectivity index (χ1n) is 15.8. The molecular weight excluding hydrogens is 456 g/mol. The summed E-state index contributed by atoms with van der Waals surface area (Å²) in [7, 11) is 2.06. The molecule has 0 amide bonds. The van der Waals surface area contributed by atoms with E-state index in [2.05, 4.69) is 61.1 Å². The zero-order chi connectivity index (χ0) is 25.6. The standard InChI is InChI=1S/C32H52N4O/c1-20-8-13-32(35-16-20)21(2)29-28(37-32)15-27-25-7-6-22-14-23(33-17-24-18-36(5)19-34-24)9-11-30(22,3)26(25)10-12-31(27,29)4/h18-23,25-29,33,35H,6-17H2,1-5H3/t20-,21-,22-,23?,25+,26-,27-,28-,29-,30-,31-,32-/m0/s1. The van der Waals surface area contributed by atoms with Crippen LogP contribution < -0.4 is 10.6 Å². The average molecular weight is 509 g/mol. The first-order valence-corrected chi connectivity index (χ1v) is 15.8. The normalized spacial score (nSPS) is 52.9. The van der Waals surface area contributed by atoms with E-state index in [0.717, 1.165) is 48.6 Å². The van der Waals surface area contributed by atoms with Crippen molar-refractivity contribution in [3.8, 4) is 0 Å². The van der Waals surface area contributed by atoms with Crippen LogP contribution in [0.5, 0.6) is 0 Å². The van der Waals surface area contributed by atoms with Gasteiger partial charge in [-0.3, -0.25) is 5.32 Å². The summed E-state index contributed by atoms with van der Waals surface area (Å²) in [6, 6.07) is 0.660. The summed E-state index contributed by atoms with van der Waals surface area (Å²) in [6.45, 7) is 12.4. The number of ether oxygens (including phenoxy) is 1. The van der Waals surface area contributed by atoms with Crippen LogP contribution in [0.15, 0.2) is 12.5 Å². The van der Waals surface area contributed by atoms with Gasteiger partial charge in [0.15, 0.2) is 0 Å². The molecule has 1 aromatic rings. The predicted octanol–water partition coefficient (Wildman–Crippen LogP) is 5.90. The van der Waals surface area contributed by atoms with Crippen LogP contribution >= 0.6 is 0 Å². The molecule has 4 aliphatic carbocycles. The lowest BCUT2D eigenvalue weighted by molar-refractivity contribution is -0.134. The summed E-state index contributed by atoms with van der Waals surface area (Å²) in [5.41, 5.74) is 2.16. The van der Waals surface area contributed by atoms with Crippen molar-refractivity contribution in [2.75, 3.05) is 6.54 Å². The minimum absolute atomic E-state index is 0.0308. The molecule has 4 saturated carbocycles. The van der Waals surface area contributed by atoms with E-state index in [1.54, 1.807) is 0 Å². The molecule has 1 spiro atoms. The Hall–Kier alpha value is -0.910. The molecule has 6 aliphatic rings. The molecule has 6 fully saturated rings. The Morgan fingerprint density at radius 2 is 1.86 bits per heavy atom. The van der Waals surface area contributed by atoms with Crippen LogP contribution in [0.1, 0.15) is 97.6 Å². The Morgan fingerprint density at radius 1 is 1.03 bits per heavy atom. The highest BCUT2D eigenvalue weighted by atomic mass is 16.5. The molecular formula is C32H52N4O. The zero-order valence-electron chi connectivity index (χ0n) is 24.1. The highest BCUT2D eigenvalue weighted by Gasteiger charge is 2.68. The van der Waals surface area contributed by atoms with Gasteiger partial charge in [-0.2, -0.15) is 0 Å². The molecule has 5 heteroatoms. The highest BCUT2D eigenvalue weighted by Crippen LogP contribution is 2.71. The summed E-state index contributed by atoms with van der Waals surface area (Å²) in [4.78, 5) is 4.53. The first kappa shape index (κ1) is 25.1. The quantitative estimate of drug-likeness (QED) is 0.534. The zero-order valence-corrected chi connectivity index (χ0v) is 24.1. The summed E-state index contributed by atoms with van der Waals surface area (Å²) in [5, 5.41) is 7.81. The number of aryl methyl sites for hydroxylation is 1. The molecule has 7 rings (SSSR count). The third-order valence-corrected chi connectivity index (χ3v) is 13.5. The maximum atomic E-state index is 7.10. The number of hydrogen-bond acceptors (Lipinski definition) is 4. The van der Waals surface area contributed by atoms with Crippen molar-refractivity contribution < 1.29 is 4.74 Å². The number of fused-ring (bicyclic) bond motifs is 7. The van der Waals surface area contributed by atoms with Gasteiger partial charge in [-0.15, -0.1) is 0 Å². The fraction of sp³-hybridized carbons (Fsp3) is 0.906. The Kier molecular flexibility index (Phi) is 5.96. The molecule has 12 atom stereocenters. The number of nitrogens with one attached hydrogen (secondary N) is 2. The van der Waals surface area contributed by atoms with Crippen molar-refractivity contribution in [1.29, 1.82) is 0 Å². The van der Waals surface area contributed by atoms with Crippen LogP contribution in [-0.2, 0) is 18.3 Å². The van der Waals surface area contributed by atoms with Crippen molar-refractivity contribution in [2.45, 2.75) is 116 Å². The van der Waals surface area contributed by atoms with Gasteiger partial charge in [-0.05, 0) is 111 Å². The van der Waals surface area contributed by atoms with Crippen molar-refractivity contribution >= 4 is 0 Å². The number of rotatable bonds is 3. The minimum atomic E-state index is -0.0308. The Bertz CT molecular complexity index is 999. The van der Waals surface area contributed by atoms with Crippen molar-refractivity contribution in [3.05, 3.63) is 18.2 Å². The molecule has 0 radical (unpaired) electrons. The molecule has 206 valence electrons. The lowest BCUT2D eigenvalue weighted by Gasteiger charge is -2.61. The molecule has 1 unspecified atom stereocenters. The number of piperidine rings is 1. The molecule has 5 nitrogen and oxygen atoms in total. The second-order valence-corrected chi connectivity index (χ2v) is 15.2. The van der Waals surface area contributed by atoms with E-state index < -0.39 is 0 Å². The Morgan fingerprint density at radius 3 is 2.62 bits per heavy atom. The molecule has 0 aromatic carbocycles. The van der Waals surface area contributed by atoms with Crippen LogP contribution in [0.25, 0.3) is 0 Å². The van der Waals surface area contributed by atoms with Crippen LogP contribution in [0.4, 0.5) is 0 Å². The van der Waals surface area contributed by atoms with Gasteiger partial charge in [0.2, 0.25) is 0 Å². The fourth-order valence-electron chi connectivity index (χ4n) is 11.4. The second kappa shape index (κ2) is 8.80. The number of nitrogens with zero attached hydrogens (tertiary/aromatic N) is 2. The first-order chi connectivity index (χ1) is 17.7. The maximum Gasteiger partial charge on any atom is 0.122 e. The van der Waals surface area contributed by atoms with Gasteiger partial charge in [-0.1, -0.05) is 27.7 Å². The van der Waals surface area contributed by atoms with E-state index in [4.69, 9.17) is 4.74 Å². The molecule has 3 heterocycles. The summed E-state index contributed by atoms with van der Waals surface area (Å²) < 4.78 is 9.15. The topological polar surface area (TPSA) is 51.1 Å². The van der Waals surface area contributed by atoms with Gasteiger partial charge < -0.3 is 14.6 Å². The minimum Gasteiger partial charge on any atom is -0.357 e. The lowest BCUT2D eigenvalue weighted by atomic mass is 9.44.